The molecule has 27 heavy (non-hydrogen) atoms. The van der Waals surface area contributed by atoms with Crippen LogP contribution in [0.25, 0.3) is 11.5 Å². The predicted octanol–water partition coefficient (Wildman–Crippen LogP) is 3.82. The van der Waals surface area contributed by atoms with Gasteiger partial charge in [-0.25, -0.2) is 0 Å². The third-order valence-electron chi connectivity index (χ3n) is 3.90. The van der Waals surface area contributed by atoms with Gasteiger partial charge in [-0.3, -0.25) is 14.3 Å². The Morgan fingerprint density at radius 3 is 2.70 bits per heavy atom. The van der Waals surface area contributed by atoms with E-state index >= 15 is 0 Å². The monoisotopic (exact) mass is 379 g/mol. The van der Waals surface area contributed by atoms with Crippen LogP contribution in [0.3, 0.4) is 0 Å². The third-order valence-corrected chi connectivity index (χ3v) is 4.87. The average Bonchev–Trinajstić information content (AvgIpc) is 3.10. The number of pyridine rings is 1. The maximum Gasteiger partial charge on any atom is 0.234 e. The molecule has 0 saturated heterocycles. The van der Waals surface area contributed by atoms with E-state index in [1.165, 1.54) is 17.3 Å². The number of hydrogen-bond acceptors (Lipinski definition) is 5. The first-order valence-corrected chi connectivity index (χ1v) is 9.67. The largest absolute Gasteiger partial charge is 0.325 e. The molecule has 2 heterocycles. The van der Waals surface area contributed by atoms with Gasteiger partial charge in [-0.2, -0.15) is 0 Å². The van der Waals surface area contributed by atoms with E-state index in [4.69, 9.17) is 0 Å². The highest BCUT2D eigenvalue weighted by Crippen LogP contribution is 2.23. The number of aromatic nitrogens is 4. The fraction of sp³-hybridized carbons (Fsp3) is 0.200. The molecule has 6 nitrogen and oxygen atoms in total. The number of rotatable bonds is 8. The van der Waals surface area contributed by atoms with E-state index in [0.29, 0.717) is 17.5 Å². The van der Waals surface area contributed by atoms with Crippen molar-refractivity contribution in [3.8, 4) is 11.5 Å². The number of nitrogens with zero attached hydrogens (tertiary/aromatic N) is 4. The number of hydrogen-bond donors (Lipinski definition) is 1. The van der Waals surface area contributed by atoms with Gasteiger partial charge in [0.2, 0.25) is 5.91 Å². The molecule has 0 aliphatic carbocycles. The van der Waals surface area contributed by atoms with Gasteiger partial charge >= 0.3 is 0 Å². The second kappa shape index (κ2) is 9.14. The van der Waals surface area contributed by atoms with E-state index in [2.05, 4.69) is 34.0 Å². The topological polar surface area (TPSA) is 72.7 Å². The minimum absolute atomic E-state index is 0.0863. The second-order valence-corrected chi connectivity index (χ2v) is 6.75. The normalized spacial score (nSPS) is 10.6. The molecular formula is C20H21N5OS. The van der Waals surface area contributed by atoms with Crippen molar-refractivity contribution in [1.29, 1.82) is 0 Å². The standard InChI is InChI=1S/C20H21N5OS/c1-3-13-25-19(17-7-5-6-12-21-17)23-24-20(25)27-14-18(26)22-16-10-8-15(4-2)9-11-16/h3,5-12H,1,4,13-14H2,2H3,(H,22,26). The van der Waals surface area contributed by atoms with Gasteiger partial charge in [-0.05, 0) is 36.2 Å². The van der Waals surface area contributed by atoms with Crippen LogP contribution < -0.4 is 5.32 Å². The molecule has 0 saturated carbocycles. The lowest BCUT2D eigenvalue weighted by Gasteiger charge is -2.08. The number of carbonyl (C=O) groups excluding carboxylic acids is 1. The maximum atomic E-state index is 12.3. The minimum atomic E-state index is -0.0863. The van der Waals surface area contributed by atoms with Crippen LogP contribution in [0.15, 0.2) is 66.5 Å². The number of benzene rings is 1. The van der Waals surface area contributed by atoms with E-state index in [1.807, 2.05) is 47.0 Å². The van der Waals surface area contributed by atoms with Crippen molar-refractivity contribution in [2.75, 3.05) is 11.1 Å². The first-order valence-electron chi connectivity index (χ1n) is 8.68. The van der Waals surface area contributed by atoms with Crippen LogP contribution in [0.4, 0.5) is 5.69 Å². The van der Waals surface area contributed by atoms with Crippen molar-refractivity contribution in [2.45, 2.75) is 25.0 Å². The quantitative estimate of drug-likeness (QED) is 0.476. The summed E-state index contributed by atoms with van der Waals surface area (Å²) in [7, 11) is 0. The molecule has 1 N–H and O–H groups in total. The summed E-state index contributed by atoms with van der Waals surface area (Å²) >= 11 is 1.34. The van der Waals surface area contributed by atoms with Crippen molar-refractivity contribution in [3.05, 3.63) is 66.9 Å². The lowest BCUT2D eigenvalue weighted by Crippen LogP contribution is -2.14. The summed E-state index contributed by atoms with van der Waals surface area (Å²) in [4.78, 5) is 16.6. The Morgan fingerprint density at radius 1 is 1.22 bits per heavy atom. The maximum absolute atomic E-state index is 12.3. The van der Waals surface area contributed by atoms with Gasteiger partial charge in [-0.1, -0.05) is 43.0 Å². The molecule has 1 amide bonds. The van der Waals surface area contributed by atoms with Crippen LogP contribution >= 0.6 is 11.8 Å². The molecule has 0 bridgehead atoms. The van der Waals surface area contributed by atoms with Crippen molar-refractivity contribution in [2.24, 2.45) is 0 Å². The Morgan fingerprint density at radius 2 is 2.04 bits per heavy atom. The number of aryl methyl sites for hydroxylation is 1. The van der Waals surface area contributed by atoms with Crippen LogP contribution in [0.1, 0.15) is 12.5 Å². The summed E-state index contributed by atoms with van der Waals surface area (Å²) in [5.74, 6) is 0.817. The third kappa shape index (κ3) is 4.83. The molecule has 3 rings (SSSR count). The molecule has 1 aromatic carbocycles. The Kier molecular flexibility index (Phi) is 6.38. The summed E-state index contributed by atoms with van der Waals surface area (Å²) < 4.78 is 1.91. The van der Waals surface area contributed by atoms with E-state index in [-0.39, 0.29) is 11.7 Å². The fourth-order valence-electron chi connectivity index (χ4n) is 2.52. The summed E-state index contributed by atoms with van der Waals surface area (Å²) in [5.41, 5.74) is 2.76. The number of thioether (sulfide) groups is 1. The van der Waals surface area contributed by atoms with E-state index in [9.17, 15) is 4.79 Å². The van der Waals surface area contributed by atoms with Gasteiger partial charge < -0.3 is 5.32 Å². The molecule has 3 aromatic rings. The predicted molar refractivity (Wildman–Crippen MR) is 109 cm³/mol. The van der Waals surface area contributed by atoms with Crippen LogP contribution in [-0.2, 0) is 17.8 Å². The SMILES string of the molecule is C=CCn1c(SCC(=O)Nc2ccc(CC)cc2)nnc1-c1ccccn1. The summed E-state index contributed by atoms with van der Waals surface area (Å²) in [5, 5.41) is 12.0. The fourth-order valence-corrected chi connectivity index (χ4v) is 3.27. The van der Waals surface area contributed by atoms with Crippen molar-refractivity contribution in [3.63, 3.8) is 0 Å². The summed E-state index contributed by atoms with van der Waals surface area (Å²) in [6, 6.07) is 13.5. The molecule has 0 aliphatic heterocycles. The van der Waals surface area contributed by atoms with Gasteiger partial charge in [0, 0.05) is 18.4 Å². The molecular weight excluding hydrogens is 358 g/mol. The Bertz CT molecular complexity index is 906. The number of allylic oxidation sites excluding steroid dienone is 1. The number of amides is 1. The Labute approximate surface area is 162 Å². The van der Waals surface area contributed by atoms with Crippen molar-refractivity contribution >= 4 is 23.4 Å². The molecule has 138 valence electrons. The molecule has 2 aromatic heterocycles. The lowest BCUT2D eigenvalue weighted by molar-refractivity contribution is -0.113. The zero-order chi connectivity index (χ0) is 19.1. The van der Waals surface area contributed by atoms with Gasteiger partial charge in [-0.15, -0.1) is 16.8 Å². The highest BCUT2D eigenvalue weighted by Gasteiger charge is 2.15. The molecule has 0 spiro atoms. The van der Waals surface area contributed by atoms with Gasteiger partial charge in [0.15, 0.2) is 11.0 Å². The van der Waals surface area contributed by atoms with Crippen LogP contribution in [0, 0.1) is 0 Å². The van der Waals surface area contributed by atoms with Gasteiger partial charge in [0.05, 0.1) is 5.75 Å². The van der Waals surface area contributed by atoms with E-state index in [0.717, 1.165) is 17.8 Å². The lowest BCUT2D eigenvalue weighted by atomic mass is 10.1. The number of nitrogens with one attached hydrogen (secondary N) is 1. The first kappa shape index (κ1) is 18.8. The molecule has 0 aliphatic rings. The van der Waals surface area contributed by atoms with Crippen molar-refractivity contribution in [1.82, 2.24) is 19.7 Å². The Hall–Kier alpha value is -2.93. The number of anilines is 1. The summed E-state index contributed by atoms with van der Waals surface area (Å²) in [6.45, 7) is 6.43. The smallest absolute Gasteiger partial charge is 0.234 e. The Balaban J connectivity index is 1.67. The van der Waals surface area contributed by atoms with Crippen molar-refractivity contribution < 1.29 is 4.79 Å². The van der Waals surface area contributed by atoms with Gasteiger partial charge in [0.25, 0.3) is 0 Å². The van der Waals surface area contributed by atoms with E-state index < -0.39 is 0 Å². The second-order valence-electron chi connectivity index (χ2n) is 5.81. The highest BCUT2D eigenvalue weighted by atomic mass is 32.2. The molecule has 0 atom stereocenters. The first-order chi connectivity index (χ1) is 13.2. The zero-order valence-electron chi connectivity index (χ0n) is 15.1. The molecule has 0 unspecified atom stereocenters. The minimum Gasteiger partial charge on any atom is -0.325 e. The van der Waals surface area contributed by atoms with Crippen LogP contribution in [0.5, 0.6) is 0 Å². The van der Waals surface area contributed by atoms with Crippen LogP contribution in [-0.4, -0.2) is 31.4 Å². The molecule has 0 fully saturated rings. The molecule has 0 radical (unpaired) electrons. The van der Waals surface area contributed by atoms with Gasteiger partial charge in [0.1, 0.15) is 5.69 Å². The van der Waals surface area contributed by atoms with Crippen LogP contribution in [0.2, 0.25) is 0 Å². The van der Waals surface area contributed by atoms with E-state index in [1.54, 1.807) is 12.3 Å². The number of carbonyl (C=O) groups is 1. The summed E-state index contributed by atoms with van der Waals surface area (Å²) in [6.07, 6.45) is 4.46. The zero-order valence-corrected chi connectivity index (χ0v) is 15.9. The average molecular weight is 379 g/mol. The molecule has 7 heteroatoms. The highest BCUT2D eigenvalue weighted by molar-refractivity contribution is 7.99.